The minimum Gasteiger partial charge on any atom is -0.476 e. The van der Waals surface area contributed by atoms with E-state index in [2.05, 4.69) is 5.32 Å². The van der Waals surface area contributed by atoms with Crippen molar-refractivity contribution in [3.8, 4) is 5.75 Å². The average Bonchev–Trinajstić information content (AvgIpc) is 2.76. The molecule has 1 N–H and O–H groups in total. The highest BCUT2D eigenvalue weighted by Gasteiger charge is 2.36. The molecule has 1 amide bonds. The van der Waals surface area contributed by atoms with Crippen molar-refractivity contribution in [2.24, 2.45) is 0 Å². The molecule has 0 saturated heterocycles. The molecule has 31 heavy (non-hydrogen) atoms. The van der Waals surface area contributed by atoms with Crippen LogP contribution in [0.25, 0.3) is 0 Å². The van der Waals surface area contributed by atoms with Crippen LogP contribution < -0.4 is 14.4 Å². The zero-order valence-electron chi connectivity index (χ0n) is 16.2. The monoisotopic (exact) mass is 476 g/mol. The number of sulfonamides is 1. The van der Waals surface area contributed by atoms with Crippen molar-refractivity contribution in [3.05, 3.63) is 88.4 Å². The van der Waals surface area contributed by atoms with Crippen LogP contribution in [0.2, 0.25) is 10.0 Å². The molecule has 0 spiro atoms. The number of rotatable bonds is 5. The first kappa shape index (κ1) is 21.5. The lowest BCUT2D eigenvalue weighted by molar-refractivity contribution is -0.122. The quantitative estimate of drug-likeness (QED) is 0.577. The summed E-state index contributed by atoms with van der Waals surface area (Å²) in [6, 6.07) is 20.3. The van der Waals surface area contributed by atoms with Crippen LogP contribution in [0, 0.1) is 0 Å². The number of carbonyl (C=O) groups is 1. The van der Waals surface area contributed by atoms with Gasteiger partial charge in [-0.05, 0) is 35.9 Å². The molecular formula is C22H18Cl2N2O4S. The summed E-state index contributed by atoms with van der Waals surface area (Å²) in [7, 11) is -3.78. The van der Waals surface area contributed by atoms with Gasteiger partial charge in [-0.1, -0.05) is 65.7 Å². The van der Waals surface area contributed by atoms with Crippen molar-refractivity contribution in [1.29, 1.82) is 0 Å². The van der Waals surface area contributed by atoms with E-state index in [0.717, 1.165) is 0 Å². The Morgan fingerprint density at radius 1 is 1.03 bits per heavy atom. The molecule has 1 atom stereocenters. The lowest BCUT2D eigenvalue weighted by atomic mass is 10.2. The average molecular weight is 477 g/mol. The van der Waals surface area contributed by atoms with Gasteiger partial charge in [0.2, 0.25) is 10.0 Å². The molecule has 0 saturated carbocycles. The number of nitrogens with one attached hydrogen (secondary N) is 1. The van der Waals surface area contributed by atoms with E-state index < -0.39 is 22.0 Å². The molecule has 0 bridgehead atoms. The standard InChI is InChI=1S/C22H18Cl2N2O4S/c23-16-10-11-17(24)18(12-16)25-22(27)21-13-26(19-8-4-5-9-20(19)30-21)31(28,29)14-15-6-2-1-3-7-15/h1-12,21H,13-14H2,(H,25,27)/t21-/m0/s1. The first-order chi connectivity index (χ1) is 14.8. The molecule has 1 heterocycles. The van der Waals surface area contributed by atoms with Crippen molar-refractivity contribution >= 4 is 50.5 Å². The minimum absolute atomic E-state index is 0.170. The second kappa shape index (κ2) is 8.78. The van der Waals surface area contributed by atoms with Gasteiger partial charge in [-0.2, -0.15) is 0 Å². The third-order valence-corrected chi connectivity index (χ3v) is 7.02. The van der Waals surface area contributed by atoms with Gasteiger partial charge < -0.3 is 10.1 Å². The van der Waals surface area contributed by atoms with Crippen molar-refractivity contribution in [1.82, 2.24) is 0 Å². The number of anilines is 2. The summed E-state index contributed by atoms with van der Waals surface area (Å²) in [5.74, 6) is -0.419. The van der Waals surface area contributed by atoms with E-state index in [1.165, 1.54) is 10.4 Å². The number of halogens is 2. The van der Waals surface area contributed by atoms with E-state index in [-0.39, 0.29) is 12.3 Å². The summed E-state index contributed by atoms with van der Waals surface area (Å²) in [5, 5.41) is 3.38. The smallest absolute Gasteiger partial charge is 0.267 e. The number of amides is 1. The first-order valence-corrected chi connectivity index (χ1v) is 11.8. The molecule has 9 heteroatoms. The van der Waals surface area contributed by atoms with Crippen molar-refractivity contribution in [3.63, 3.8) is 0 Å². The van der Waals surface area contributed by atoms with Crippen LogP contribution in [-0.4, -0.2) is 27.0 Å². The first-order valence-electron chi connectivity index (χ1n) is 9.39. The molecule has 3 aromatic carbocycles. The van der Waals surface area contributed by atoms with E-state index in [4.69, 9.17) is 27.9 Å². The number of carbonyl (C=O) groups excluding carboxylic acids is 1. The molecule has 0 radical (unpaired) electrons. The van der Waals surface area contributed by atoms with Crippen molar-refractivity contribution in [2.45, 2.75) is 11.9 Å². The number of benzene rings is 3. The van der Waals surface area contributed by atoms with Gasteiger partial charge in [0.25, 0.3) is 5.91 Å². The largest absolute Gasteiger partial charge is 0.476 e. The van der Waals surface area contributed by atoms with Gasteiger partial charge in [0.05, 0.1) is 28.7 Å². The predicted molar refractivity (Wildman–Crippen MR) is 122 cm³/mol. The maximum atomic E-state index is 13.2. The van der Waals surface area contributed by atoms with E-state index in [1.807, 2.05) is 6.07 Å². The lowest BCUT2D eigenvalue weighted by Gasteiger charge is -2.34. The highest BCUT2D eigenvalue weighted by atomic mass is 35.5. The Labute approximate surface area is 190 Å². The van der Waals surface area contributed by atoms with Crippen LogP contribution in [0.4, 0.5) is 11.4 Å². The van der Waals surface area contributed by atoms with Gasteiger partial charge >= 0.3 is 0 Å². The summed E-state index contributed by atoms with van der Waals surface area (Å²) >= 11 is 12.1. The van der Waals surface area contributed by atoms with Gasteiger partial charge in [0, 0.05) is 5.02 Å². The van der Waals surface area contributed by atoms with Gasteiger partial charge in [-0.25, -0.2) is 8.42 Å². The maximum absolute atomic E-state index is 13.2. The zero-order chi connectivity index (χ0) is 22.0. The highest BCUT2D eigenvalue weighted by Crippen LogP contribution is 2.36. The summed E-state index contributed by atoms with van der Waals surface area (Å²) < 4.78 is 33.5. The molecular weight excluding hydrogens is 459 g/mol. The summed E-state index contributed by atoms with van der Waals surface area (Å²) in [5.41, 5.74) is 1.36. The van der Waals surface area contributed by atoms with E-state index in [9.17, 15) is 13.2 Å². The molecule has 1 aliphatic rings. The Morgan fingerprint density at radius 2 is 1.74 bits per heavy atom. The maximum Gasteiger partial charge on any atom is 0.267 e. The van der Waals surface area contributed by atoms with E-state index >= 15 is 0 Å². The van der Waals surface area contributed by atoms with Crippen LogP contribution in [0.5, 0.6) is 5.75 Å². The number of fused-ring (bicyclic) bond motifs is 1. The highest BCUT2D eigenvalue weighted by molar-refractivity contribution is 7.92. The van der Waals surface area contributed by atoms with Crippen molar-refractivity contribution in [2.75, 3.05) is 16.2 Å². The van der Waals surface area contributed by atoms with Gasteiger partial charge in [-0.3, -0.25) is 9.10 Å². The normalized spacial score (nSPS) is 15.7. The van der Waals surface area contributed by atoms with E-state index in [1.54, 1.807) is 60.7 Å². The number of para-hydroxylation sites is 2. The van der Waals surface area contributed by atoms with Gasteiger partial charge in [0.1, 0.15) is 5.75 Å². The molecule has 0 aliphatic carbocycles. The molecule has 160 valence electrons. The van der Waals surface area contributed by atoms with Gasteiger partial charge in [0.15, 0.2) is 6.10 Å². The third kappa shape index (κ3) is 4.79. The van der Waals surface area contributed by atoms with Crippen LogP contribution in [-0.2, 0) is 20.6 Å². The Bertz CT molecular complexity index is 1220. The molecule has 4 rings (SSSR count). The predicted octanol–water partition coefficient (Wildman–Crippen LogP) is 4.73. The van der Waals surface area contributed by atoms with Gasteiger partial charge in [-0.15, -0.1) is 0 Å². The Morgan fingerprint density at radius 3 is 2.52 bits per heavy atom. The fourth-order valence-electron chi connectivity index (χ4n) is 3.27. The topological polar surface area (TPSA) is 75.7 Å². The number of hydrogen-bond donors (Lipinski definition) is 1. The van der Waals surface area contributed by atoms with Crippen LogP contribution in [0.15, 0.2) is 72.8 Å². The lowest BCUT2D eigenvalue weighted by Crippen LogP contribution is -2.49. The van der Waals surface area contributed by atoms with Crippen LogP contribution >= 0.6 is 23.2 Å². The summed E-state index contributed by atoms with van der Waals surface area (Å²) in [6.45, 7) is -0.170. The zero-order valence-corrected chi connectivity index (χ0v) is 18.5. The minimum atomic E-state index is -3.78. The molecule has 3 aromatic rings. The summed E-state index contributed by atoms with van der Waals surface area (Å²) in [4.78, 5) is 12.9. The fourth-order valence-corrected chi connectivity index (χ4v) is 5.19. The van der Waals surface area contributed by atoms with E-state index in [0.29, 0.717) is 32.7 Å². The number of ether oxygens (including phenoxy) is 1. The Kier molecular flexibility index (Phi) is 6.09. The molecule has 0 aromatic heterocycles. The molecule has 0 fully saturated rings. The second-order valence-corrected chi connectivity index (χ2v) is 9.70. The fraction of sp³-hybridized carbons (Fsp3) is 0.136. The molecule has 1 aliphatic heterocycles. The third-order valence-electron chi connectivity index (χ3n) is 4.74. The van der Waals surface area contributed by atoms with Crippen LogP contribution in [0.3, 0.4) is 0 Å². The molecule has 0 unspecified atom stereocenters. The van der Waals surface area contributed by atoms with Crippen molar-refractivity contribution < 1.29 is 17.9 Å². The molecule has 6 nitrogen and oxygen atoms in total. The SMILES string of the molecule is O=C(Nc1cc(Cl)ccc1Cl)[C@@H]1CN(S(=O)(=O)Cc2ccccc2)c2ccccc2O1. The Hall–Kier alpha value is -2.74. The Balaban J connectivity index is 1.62. The number of hydrogen-bond acceptors (Lipinski definition) is 4. The second-order valence-electron chi connectivity index (χ2n) is 6.96. The van der Waals surface area contributed by atoms with Crippen LogP contribution in [0.1, 0.15) is 5.56 Å². The summed E-state index contributed by atoms with van der Waals surface area (Å²) in [6.07, 6.45) is -1.07. The number of nitrogens with zero attached hydrogens (tertiary/aromatic N) is 1.